The third kappa shape index (κ3) is 6.87. The Hall–Kier alpha value is -4.05. The average molecular weight is 682 g/mol. The van der Waals surface area contributed by atoms with Crippen LogP contribution in [0.25, 0.3) is 10.3 Å². The van der Waals surface area contributed by atoms with E-state index in [0.717, 1.165) is 13.0 Å². The molecule has 15 heteroatoms. The van der Waals surface area contributed by atoms with Crippen LogP contribution >= 0.6 is 11.3 Å². The number of rotatable bonds is 13. The third-order valence-corrected chi connectivity index (χ3v) is 12.4. The van der Waals surface area contributed by atoms with E-state index >= 15 is 0 Å². The summed E-state index contributed by atoms with van der Waals surface area (Å²) in [6, 6.07) is 13.7. The topological polar surface area (TPSA) is 165 Å². The zero-order valence-electron chi connectivity index (χ0n) is 25.1. The Morgan fingerprint density at radius 1 is 1.09 bits per heavy atom. The Balaban J connectivity index is 1.25. The summed E-state index contributed by atoms with van der Waals surface area (Å²) in [6.45, 7) is 1.40. The number of hydrogen-bond donors (Lipinski definition) is 1. The quantitative estimate of drug-likeness (QED) is 0.125. The summed E-state index contributed by atoms with van der Waals surface area (Å²) in [5, 5.41) is 4.48. The summed E-state index contributed by atoms with van der Waals surface area (Å²) in [5.74, 6) is -1.03. The van der Waals surface area contributed by atoms with E-state index < -0.39 is 37.0 Å². The first kappa shape index (κ1) is 31.9. The molecule has 0 atom stereocenters. The molecule has 0 amide bonds. The van der Waals surface area contributed by atoms with Crippen molar-refractivity contribution in [2.45, 2.75) is 40.7 Å². The molecule has 1 aliphatic carbocycles. The van der Waals surface area contributed by atoms with Crippen LogP contribution in [0.15, 0.2) is 69.5 Å². The second-order valence-electron chi connectivity index (χ2n) is 11.4. The highest BCUT2D eigenvalue weighted by Crippen LogP contribution is 2.34. The predicted octanol–water partition coefficient (Wildman–Crippen LogP) is 3.56. The Morgan fingerprint density at radius 3 is 2.57 bits per heavy atom. The van der Waals surface area contributed by atoms with Gasteiger partial charge in [0, 0.05) is 23.7 Å². The van der Waals surface area contributed by atoms with Crippen molar-refractivity contribution in [1.82, 2.24) is 14.9 Å². The van der Waals surface area contributed by atoms with Gasteiger partial charge in [-0.05, 0) is 69.8 Å². The number of sulfone groups is 2. The van der Waals surface area contributed by atoms with Crippen molar-refractivity contribution in [3.05, 3.63) is 70.7 Å². The molecule has 2 aliphatic rings. The van der Waals surface area contributed by atoms with Crippen LogP contribution < -0.4 is 10.2 Å². The van der Waals surface area contributed by atoms with E-state index in [0.29, 0.717) is 51.9 Å². The van der Waals surface area contributed by atoms with Crippen LogP contribution in [-0.2, 0) is 30.9 Å². The van der Waals surface area contributed by atoms with E-state index in [1.807, 2.05) is 14.1 Å². The van der Waals surface area contributed by atoms with Gasteiger partial charge >= 0.3 is 0 Å². The molecule has 0 bridgehead atoms. The van der Waals surface area contributed by atoms with Crippen molar-refractivity contribution in [1.29, 1.82) is 0 Å². The largest absolute Gasteiger partial charge is 0.478 e. The summed E-state index contributed by atoms with van der Waals surface area (Å²) in [7, 11) is -3.11. The Morgan fingerprint density at radius 2 is 1.85 bits per heavy atom. The van der Waals surface area contributed by atoms with Gasteiger partial charge in [-0.25, -0.2) is 26.8 Å². The lowest BCUT2D eigenvalue weighted by molar-refractivity contribution is -0.112. The maximum Gasteiger partial charge on any atom is 0.214 e. The van der Waals surface area contributed by atoms with Crippen molar-refractivity contribution >= 4 is 64.3 Å². The first-order chi connectivity index (χ1) is 21.9. The first-order valence-electron chi connectivity index (χ1n) is 14.6. The van der Waals surface area contributed by atoms with Gasteiger partial charge in [0.05, 0.1) is 33.8 Å². The van der Waals surface area contributed by atoms with Crippen LogP contribution in [0.2, 0.25) is 0 Å². The SMILES string of the molecule is CN(C)CCCOc1ccc2nc(CC(=O)/C(=N/Nc3ccc4c(c3)C(=O)CS4(=O)=O)c3ccc(S(=O)(=O)C4CC4)cc3)sc2n1. The zero-order valence-corrected chi connectivity index (χ0v) is 27.5. The molecule has 6 rings (SSSR count). The van der Waals surface area contributed by atoms with E-state index in [-0.39, 0.29) is 32.7 Å². The number of thiazole rings is 1. The van der Waals surface area contributed by atoms with Crippen LogP contribution in [0.1, 0.15) is 40.2 Å². The lowest BCUT2D eigenvalue weighted by atomic mass is 10.0. The number of nitrogens with one attached hydrogen (secondary N) is 1. The molecule has 1 saturated carbocycles. The van der Waals surface area contributed by atoms with E-state index in [9.17, 15) is 26.4 Å². The standard InChI is InChI=1S/C31H31N5O7S3/c1-36(2)14-3-15-43-28-13-11-24-31(33-28)44-29(32-24)17-25(37)30(19-4-7-21(8-5-19)46(41,42)22-9-10-22)35-34-20-6-12-27-23(16-20)26(38)18-45(27,39)40/h4-8,11-13,16,22,34H,3,9-10,14-15,17-18H2,1-2H3/b35-30+. The number of nitrogens with zero attached hydrogens (tertiary/aromatic N) is 4. The van der Waals surface area contributed by atoms with E-state index in [1.165, 1.54) is 53.8 Å². The number of ketones is 2. The maximum absolute atomic E-state index is 13.7. The number of carbonyl (C=O) groups excluding carboxylic acids is 2. The molecule has 1 aliphatic heterocycles. The fraction of sp³-hybridized carbons (Fsp3) is 0.323. The molecule has 12 nitrogen and oxygen atoms in total. The molecule has 3 heterocycles. The fourth-order valence-corrected chi connectivity index (χ4v) is 9.00. The second kappa shape index (κ2) is 12.6. The molecule has 4 aromatic rings. The van der Waals surface area contributed by atoms with Crippen molar-refractivity contribution in [3.8, 4) is 5.88 Å². The van der Waals surface area contributed by atoms with Crippen LogP contribution in [-0.4, -0.2) is 87.2 Å². The fourth-order valence-electron chi connectivity index (χ4n) is 4.98. The van der Waals surface area contributed by atoms with Crippen molar-refractivity contribution in [2.24, 2.45) is 5.10 Å². The first-order valence-corrected chi connectivity index (χ1v) is 18.6. The van der Waals surface area contributed by atoms with Crippen molar-refractivity contribution < 1.29 is 31.2 Å². The summed E-state index contributed by atoms with van der Waals surface area (Å²) >= 11 is 1.26. The van der Waals surface area contributed by atoms with Gasteiger partial charge in [0.15, 0.2) is 31.2 Å². The minimum absolute atomic E-state index is 0.00643. The Bertz CT molecular complexity index is 2090. The lowest BCUT2D eigenvalue weighted by Gasteiger charge is -2.09. The summed E-state index contributed by atoms with van der Waals surface area (Å²) in [4.78, 5) is 37.9. The molecule has 2 aromatic heterocycles. The molecule has 2 aromatic carbocycles. The zero-order chi connectivity index (χ0) is 32.6. The molecule has 0 spiro atoms. The van der Waals surface area contributed by atoms with Gasteiger partial charge in [0.2, 0.25) is 5.88 Å². The van der Waals surface area contributed by atoms with E-state index in [4.69, 9.17) is 4.74 Å². The molecule has 0 radical (unpaired) electrons. The highest BCUT2D eigenvalue weighted by atomic mass is 32.2. The van der Waals surface area contributed by atoms with Gasteiger partial charge in [0.1, 0.15) is 26.8 Å². The van der Waals surface area contributed by atoms with Crippen LogP contribution in [0.5, 0.6) is 5.88 Å². The summed E-state index contributed by atoms with van der Waals surface area (Å²) in [6.07, 6.45) is 2.00. The van der Waals surface area contributed by atoms with Gasteiger partial charge in [-0.2, -0.15) is 5.10 Å². The number of hydrazone groups is 1. The molecule has 46 heavy (non-hydrogen) atoms. The minimum Gasteiger partial charge on any atom is -0.478 e. The van der Waals surface area contributed by atoms with Gasteiger partial charge in [-0.1, -0.05) is 23.5 Å². The highest BCUT2D eigenvalue weighted by molar-refractivity contribution is 7.93. The molecule has 240 valence electrons. The molecule has 0 saturated heterocycles. The average Bonchev–Trinajstić information content (AvgIpc) is 3.76. The smallest absolute Gasteiger partial charge is 0.214 e. The molecule has 0 unspecified atom stereocenters. The Labute approximate surface area is 270 Å². The Kier molecular flexibility index (Phi) is 8.76. The molecule has 1 N–H and O–H groups in total. The van der Waals surface area contributed by atoms with Gasteiger partial charge in [-0.3, -0.25) is 15.0 Å². The van der Waals surface area contributed by atoms with Crippen molar-refractivity contribution in [3.63, 3.8) is 0 Å². The minimum atomic E-state index is -3.67. The number of fused-ring (bicyclic) bond motifs is 2. The predicted molar refractivity (Wildman–Crippen MR) is 174 cm³/mol. The third-order valence-electron chi connectivity index (χ3n) is 7.50. The number of carbonyl (C=O) groups is 2. The number of pyridine rings is 1. The lowest BCUT2D eigenvalue weighted by Crippen LogP contribution is -2.20. The number of aromatic nitrogens is 2. The number of anilines is 1. The summed E-state index contributed by atoms with van der Waals surface area (Å²) < 4.78 is 55.7. The monoisotopic (exact) mass is 681 g/mol. The molecular formula is C31H31N5O7S3. The maximum atomic E-state index is 13.7. The molecule has 1 fully saturated rings. The van der Waals surface area contributed by atoms with E-state index in [2.05, 4.69) is 25.4 Å². The van der Waals surface area contributed by atoms with Gasteiger partial charge in [0.25, 0.3) is 0 Å². The number of Topliss-reactive ketones (excluding diaryl/α,β-unsaturated/α-hetero) is 2. The van der Waals surface area contributed by atoms with Crippen LogP contribution in [0.4, 0.5) is 5.69 Å². The van der Waals surface area contributed by atoms with Gasteiger partial charge < -0.3 is 9.64 Å². The van der Waals surface area contributed by atoms with Crippen LogP contribution in [0, 0.1) is 0 Å². The van der Waals surface area contributed by atoms with E-state index in [1.54, 1.807) is 12.1 Å². The van der Waals surface area contributed by atoms with Crippen molar-refractivity contribution in [2.75, 3.05) is 38.4 Å². The van der Waals surface area contributed by atoms with Gasteiger partial charge in [-0.15, -0.1) is 0 Å². The molecular weight excluding hydrogens is 651 g/mol. The summed E-state index contributed by atoms with van der Waals surface area (Å²) in [5.41, 5.74) is 4.15. The number of hydrogen-bond acceptors (Lipinski definition) is 13. The highest BCUT2D eigenvalue weighted by Gasteiger charge is 2.37. The number of benzene rings is 2. The normalized spacial score (nSPS) is 16.2. The second-order valence-corrected chi connectivity index (χ2v) is 16.7. The van der Waals surface area contributed by atoms with Crippen LogP contribution in [0.3, 0.4) is 0 Å². The number of ether oxygens (including phenoxy) is 1.